The van der Waals surface area contributed by atoms with Gasteiger partial charge in [-0.15, -0.1) is 0 Å². The monoisotopic (exact) mass is 318 g/mol. The molecule has 2 aromatic rings. The second-order valence-corrected chi connectivity index (χ2v) is 5.36. The normalized spacial score (nSPS) is 10.3. The Morgan fingerprint density at radius 3 is 2.63 bits per heavy atom. The summed E-state index contributed by atoms with van der Waals surface area (Å²) in [5, 5.41) is 2.91. The van der Waals surface area contributed by atoms with Crippen molar-refractivity contribution in [3.63, 3.8) is 0 Å². The van der Waals surface area contributed by atoms with Gasteiger partial charge in [0.1, 0.15) is 0 Å². The molecule has 0 aliphatic rings. The molecule has 0 spiro atoms. The van der Waals surface area contributed by atoms with Gasteiger partial charge in [-0.05, 0) is 66.0 Å². The molecule has 0 aliphatic heterocycles. The van der Waals surface area contributed by atoms with Crippen molar-refractivity contribution in [2.75, 3.05) is 5.32 Å². The average Bonchev–Trinajstić information content (AvgIpc) is 2.36. The van der Waals surface area contributed by atoms with Gasteiger partial charge in [0.25, 0.3) is 5.91 Å². The third-order valence-electron chi connectivity index (χ3n) is 3.07. The third kappa shape index (κ3) is 3.01. The quantitative estimate of drug-likeness (QED) is 0.908. The summed E-state index contributed by atoms with van der Waals surface area (Å²) in [5.74, 6) is -0.118. The molecule has 98 valence electrons. The van der Waals surface area contributed by atoms with Gasteiger partial charge in [0.15, 0.2) is 0 Å². The predicted molar refractivity (Wildman–Crippen MR) is 80.5 cm³/mol. The van der Waals surface area contributed by atoms with E-state index >= 15 is 0 Å². The highest BCUT2D eigenvalue weighted by Crippen LogP contribution is 2.24. The smallest absolute Gasteiger partial charge is 0.256 e. The number of carbonyl (C=O) groups excluding carboxylic acids is 1. The van der Waals surface area contributed by atoms with Crippen molar-refractivity contribution in [2.24, 2.45) is 0 Å². The molecule has 3 nitrogen and oxygen atoms in total. The Morgan fingerprint density at radius 2 is 1.95 bits per heavy atom. The summed E-state index contributed by atoms with van der Waals surface area (Å²) < 4.78 is 0.879. The van der Waals surface area contributed by atoms with Crippen molar-refractivity contribution < 1.29 is 4.79 Å². The van der Waals surface area contributed by atoms with Crippen LogP contribution in [0.1, 0.15) is 27.2 Å². The number of hydrogen-bond acceptors (Lipinski definition) is 2. The Morgan fingerprint density at radius 1 is 1.21 bits per heavy atom. The first-order chi connectivity index (χ1) is 8.99. The second kappa shape index (κ2) is 5.53. The lowest BCUT2D eigenvalue weighted by Crippen LogP contribution is -2.14. The molecule has 0 aliphatic carbocycles. The SMILES string of the molecule is Cc1ccc(NC(=O)c2ccnc(C)c2C)c(Br)c1. The number of carbonyl (C=O) groups is 1. The van der Waals surface area contributed by atoms with E-state index in [4.69, 9.17) is 0 Å². The van der Waals surface area contributed by atoms with E-state index in [1.165, 1.54) is 0 Å². The molecule has 0 bridgehead atoms. The molecule has 2 rings (SSSR count). The lowest BCUT2D eigenvalue weighted by Gasteiger charge is -2.10. The minimum Gasteiger partial charge on any atom is -0.321 e. The molecule has 0 atom stereocenters. The van der Waals surface area contributed by atoms with Gasteiger partial charge >= 0.3 is 0 Å². The van der Waals surface area contributed by atoms with Gasteiger partial charge in [0, 0.05) is 21.9 Å². The largest absolute Gasteiger partial charge is 0.321 e. The Labute approximate surface area is 121 Å². The van der Waals surface area contributed by atoms with E-state index in [0.717, 1.165) is 27.0 Å². The Kier molecular flexibility index (Phi) is 4.00. The molecule has 4 heteroatoms. The first kappa shape index (κ1) is 13.7. The van der Waals surface area contributed by atoms with E-state index in [2.05, 4.69) is 26.2 Å². The molecule has 1 aromatic heterocycles. The minimum atomic E-state index is -0.118. The standard InChI is InChI=1S/C15H15BrN2O/c1-9-4-5-14(13(16)8-9)18-15(19)12-6-7-17-11(3)10(12)2/h4-8H,1-3H3,(H,18,19). The molecule has 1 amide bonds. The van der Waals surface area contributed by atoms with Gasteiger partial charge in [-0.25, -0.2) is 0 Å². The van der Waals surface area contributed by atoms with Crippen LogP contribution in [0.5, 0.6) is 0 Å². The van der Waals surface area contributed by atoms with Gasteiger partial charge in [-0.3, -0.25) is 9.78 Å². The van der Waals surface area contributed by atoms with Crippen molar-refractivity contribution in [2.45, 2.75) is 20.8 Å². The molecule has 19 heavy (non-hydrogen) atoms. The number of aromatic nitrogens is 1. The molecule has 0 radical (unpaired) electrons. The Hall–Kier alpha value is -1.68. The van der Waals surface area contributed by atoms with Crippen LogP contribution >= 0.6 is 15.9 Å². The number of nitrogens with zero attached hydrogens (tertiary/aromatic N) is 1. The molecule has 1 heterocycles. The highest BCUT2D eigenvalue weighted by Gasteiger charge is 2.12. The van der Waals surface area contributed by atoms with Gasteiger partial charge in [-0.1, -0.05) is 6.07 Å². The maximum atomic E-state index is 12.3. The third-order valence-corrected chi connectivity index (χ3v) is 3.73. The Bertz CT molecular complexity index is 638. The van der Waals surface area contributed by atoms with Crippen LogP contribution in [0, 0.1) is 20.8 Å². The lowest BCUT2D eigenvalue weighted by molar-refractivity contribution is 0.102. The number of amides is 1. The molecule has 0 saturated heterocycles. The van der Waals surface area contributed by atoms with Crippen molar-refractivity contribution in [3.05, 3.63) is 57.3 Å². The van der Waals surface area contributed by atoms with Crippen LogP contribution in [-0.4, -0.2) is 10.9 Å². The predicted octanol–water partition coefficient (Wildman–Crippen LogP) is 4.02. The minimum absolute atomic E-state index is 0.118. The van der Waals surface area contributed by atoms with Crippen LogP contribution in [0.25, 0.3) is 0 Å². The van der Waals surface area contributed by atoms with Crippen molar-refractivity contribution in [3.8, 4) is 0 Å². The van der Waals surface area contributed by atoms with E-state index in [-0.39, 0.29) is 5.91 Å². The fraction of sp³-hybridized carbons (Fsp3) is 0.200. The first-order valence-electron chi connectivity index (χ1n) is 5.98. The molecular formula is C15H15BrN2O. The van der Waals surface area contributed by atoms with Crippen LogP contribution in [0.4, 0.5) is 5.69 Å². The maximum absolute atomic E-state index is 12.3. The van der Waals surface area contributed by atoms with Crippen LogP contribution in [-0.2, 0) is 0 Å². The average molecular weight is 319 g/mol. The number of hydrogen-bond donors (Lipinski definition) is 1. The molecule has 0 unspecified atom stereocenters. The summed E-state index contributed by atoms with van der Waals surface area (Å²) in [4.78, 5) is 16.4. The highest BCUT2D eigenvalue weighted by atomic mass is 79.9. The number of rotatable bonds is 2. The highest BCUT2D eigenvalue weighted by molar-refractivity contribution is 9.10. The molecule has 1 aromatic carbocycles. The van der Waals surface area contributed by atoms with Gasteiger partial charge in [0.05, 0.1) is 5.69 Å². The number of pyridine rings is 1. The summed E-state index contributed by atoms with van der Waals surface area (Å²) in [6.07, 6.45) is 1.65. The zero-order chi connectivity index (χ0) is 14.0. The lowest BCUT2D eigenvalue weighted by atomic mass is 10.1. The van der Waals surface area contributed by atoms with Crippen LogP contribution < -0.4 is 5.32 Å². The van der Waals surface area contributed by atoms with Gasteiger partial charge in [-0.2, -0.15) is 0 Å². The van der Waals surface area contributed by atoms with E-state index in [1.807, 2.05) is 39.0 Å². The van der Waals surface area contributed by atoms with Crippen molar-refractivity contribution in [1.29, 1.82) is 0 Å². The van der Waals surface area contributed by atoms with E-state index < -0.39 is 0 Å². The zero-order valence-corrected chi connectivity index (χ0v) is 12.7. The number of nitrogens with one attached hydrogen (secondary N) is 1. The maximum Gasteiger partial charge on any atom is 0.256 e. The zero-order valence-electron chi connectivity index (χ0n) is 11.1. The molecule has 1 N–H and O–H groups in total. The fourth-order valence-corrected chi connectivity index (χ4v) is 2.39. The molecule has 0 fully saturated rings. The first-order valence-corrected chi connectivity index (χ1v) is 6.78. The van der Waals surface area contributed by atoms with Crippen molar-refractivity contribution >= 4 is 27.5 Å². The van der Waals surface area contributed by atoms with Crippen LogP contribution in [0.15, 0.2) is 34.9 Å². The number of halogens is 1. The van der Waals surface area contributed by atoms with E-state index in [1.54, 1.807) is 12.3 Å². The van der Waals surface area contributed by atoms with Crippen molar-refractivity contribution in [1.82, 2.24) is 4.98 Å². The molecular weight excluding hydrogens is 304 g/mol. The van der Waals surface area contributed by atoms with Gasteiger partial charge < -0.3 is 5.32 Å². The van der Waals surface area contributed by atoms with Gasteiger partial charge in [0.2, 0.25) is 0 Å². The van der Waals surface area contributed by atoms with E-state index in [9.17, 15) is 4.79 Å². The second-order valence-electron chi connectivity index (χ2n) is 4.51. The summed E-state index contributed by atoms with van der Waals surface area (Å²) >= 11 is 3.45. The molecule has 0 saturated carbocycles. The van der Waals surface area contributed by atoms with E-state index in [0.29, 0.717) is 5.56 Å². The van der Waals surface area contributed by atoms with Crippen LogP contribution in [0.3, 0.4) is 0 Å². The topological polar surface area (TPSA) is 42.0 Å². The summed E-state index contributed by atoms with van der Waals surface area (Å²) in [6, 6.07) is 7.56. The summed E-state index contributed by atoms with van der Waals surface area (Å²) in [5.41, 5.74) is 4.34. The summed E-state index contributed by atoms with van der Waals surface area (Å²) in [6.45, 7) is 5.81. The number of benzene rings is 1. The summed E-state index contributed by atoms with van der Waals surface area (Å²) in [7, 11) is 0. The van der Waals surface area contributed by atoms with Crippen LogP contribution in [0.2, 0.25) is 0 Å². The Balaban J connectivity index is 2.28. The fourth-order valence-electron chi connectivity index (χ4n) is 1.80. The number of aryl methyl sites for hydroxylation is 2. The number of anilines is 1.